The molecule has 19 heavy (non-hydrogen) atoms. The van der Waals surface area contributed by atoms with Crippen LogP contribution >= 0.6 is 0 Å². The summed E-state index contributed by atoms with van der Waals surface area (Å²) in [5.41, 5.74) is 2.10. The van der Waals surface area contributed by atoms with E-state index in [0.29, 0.717) is 5.52 Å². The minimum atomic E-state index is -0.550. The van der Waals surface area contributed by atoms with Crippen molar-refractivity contribution in [3.05, 3.63) is 41.2 Å². The van der Waals surface area contributed by atoms with Crippen molar-refractivity contribution < 1.29 is 19.1 Å². The first-order chi connectivity index (χ1) is 9.13. The van der Waals surface area contributed by atoms with Crippen LogP contribution in [0.1, 0.15) is 33.3 Å². The van der Waals surface area contributed by atoms with Gasteiger partial charge in [-0.25, -0.2) is 9.59 Å². The summed E-state index contributed by atoms with van der Waals surface area (Å²) in [7, 11) is 2.57. The smallest absolute Gasteiger partial charge is 0.340 e. The molecule has 2 aromatic heterocycles. The summed E-state index contributed by atoms with van der Waals surface area (Å²) >= 11 is 0. The first-order valence-corrected chi connectivity index (χ1v) is 5.93. The lowest BCUT2D eigenvalue weighted by atomic mass is 10.1. The normalized spacial score (nSPS) is 10.5. The van der Waals surface area contributed by atoms with E-state index >= 15 is 0 Å². The fraction of sp³-hybridized carbons (Fsp3) is 0.286. The summed E-state index contributed by atoms with van der Waals surface area (Å²) in [6, 6.07) is 5.56. The van der Waals surface area contributed by atoms with Crippen molar-refractivity contribution in [2.75, 3.05) is 14.2 Å². The van der Waals surface area contributed by atoms with E-state index in [9.17, 15) is 9.59 Å². The monoisotopic (exact) mass is 261 g/mol. The van der Waals surface area contributed by atoms with Crippen LogP contribution in [-0.4, -0.2) is 30.6 Å². The molecule has 0 aliphatic heterocycles. The Hall–Kier alpha value is -2.30. The van der Waals surface area contributed by atoms with Gasteiger partial charge in [0.25, 0.3) is 0 Å². The number of aromatic nitrogens is 1. The lowest BCUT2D eigenvalue weighted by molar-refractivity contribution is 0.0558. The zero-order valence-electron chi connectivity index (χ0n) is 11.1. The van der Waals surface area contributed by atoms with Crippen molar-refractivity contribution in [2.45, 2.75) is 13.3 Å². The summed E-state index contributed by atoms with van der Waals surface area (Å²) < 4.78 is 11.3. The quantitative estimate of drug-likeness (QED) is 0.794. The molecule has 0 fully saturated rings. The van der Waals surface area contributed by atoms with Crippen molar-refractivity contribution in [3.63, 3.8) is 0 Å². The van der Waals surface area contributed by atoms with Crippen molar-refractivity contribution in [3.8, 4) is 0 Å². The number of hydrogen-bond donors (Lipinski definition) is 0. The van der Waals surface area contributed by atoms with Crippen LogP contribution in [0.3, 0.4) is 0 Å². The molecule has 0 aromatic carbocycles. The van der Waals surface area contributed by atoms with E-state index in [4.69, 9.17) is 9.47 Å². The third-order valence-corrected chi connectivity index (χ3v) is 3.05. The van der Waals surface area contributed by atoms with E-state index in [-0.39, 0.29) is 11.1 Å². The predicted molar refractivity (Wildman–Crippen MR) is 69.5 cm³/mol. The lowest BCUT2D eigenvalue weighted by Gasteiger charge is -2.03. The maximum Gasteiger partial charge on any atom is 0.340 e. The Kier molecular flexibility index (Phi) is 3.55. The maximum absolute atomic E-state index is 11.9. The van der Waals surface area contributed by atoms with Crippen molar-refractivity contribution >= 4 is 17.5 Å². The zero-order valence-corrected chi connectivity index (χ0v) is 11.1. The van der Waals surface area contributed by atoms with Crippen LogP contribution in [0, 0.1) is 0 Å². The number of carbonyl (C=O) groups excluding carboxylic acids is 2. The number of carbonyl (C=O) groups is 2. The summed E-state index contributed by atoms with van der Waals surface area (Å²) in [6.45, 7) is 2.00. The zero-order chi connectivity index (χ0) is 14.0. The number of ether oxygens (including phenoxy) is 2. The standard InChI is InChI=1S/C14H15NO4/c1-4-9-6-5-7-11-12(14(17)19-3)10(8-15(9)11)13(16)18-2/h5-8H,4H2,1-3H3. The number of rotatable bonds is 3. The van der Waals surface area contributed by atoms with Crippen molar-refractivity contribution in [1.29, 1.82) is 0 Å². The third kappa shape index (κ3) is 2.07. The molecule has 0 unspecified atom stereocenters. The Morgan fingerprint density at radius 3 is 2.42 bits per heavy atom. The molecule has 0 aliphatic carbocycles. The Balaban J connectivity index is 2.80. The number of pyridine rings is 1. The number of esters is 2. The van der Waals surface area contributed by atoms with Gasteiger partial charge >= 0.3 is 11.9 Å². The molecule has 100 valence electrons. The van der Waals surface area contributed by atoms with Gasteiger partial charge in [0.2, 0.25) is 0 Å². The Labute approximate surface area is 110 Å². The fourth-order valence-electron chi connectivity index (χ4n) is 2.12. The molecule has 0 atom stereocenters. The van der Waals surface area contributed by atoms with Gasteiger partial charge in [0.15, 0.2) is 0 Å². The summed E-state index contributed by atoms with van der Waals surface area (Å²) in [4.78, 5) is 23.7. The topological polar surface area (TPSA) is 57.0 Å². The van der Waals surface area contributed by atoms with Crippen LogP contribution in [0.4, 0.5) is 0 Å². The molecule has 0 bridgehead atoms. The van der Waals surface area contributed by atoms with E-state index in [2.05, 4.69) is 0 Å². The van der Waals surface area contributed by atoms with Gasteiger partial charge in [-0.2, -0.15) is 0 Å². The molecule has 0 spiro atoms. The summed E-state index contributed by atoms with van der Waals surface area (Å²) in [5, 5.41) is 0. The number of fused-ring (bicyclic) bond motifs is 1. The highest BCUT2D eigenvalue weighted by Crippen LogP contribution is 2.22. The van der Waals surface area contributed by atoms with Crippen molar-refractivity contribution in [2.24, 2.45) is 0 Å². The van der Waals surface area contributed by atoms with Gasteiger partial charge in [0.05, 0.1) is 30.9 Å². The molecule has 0 amide bonds. The van der Waals surface area contributed by atoms with E-state index in [0.717, 1.165) is 12.1 Å². The molecule has 5 heteroatoms. The van der Waals surface area contributed by atoms with Gasteiger partial charge in [-0.05, 0) is 18.6 Å². The van der Waals surface area contributed by atoms with E-state index in [1.165, 1.54) is 14.2 Å². The summed E-state index contributed by atoms with van der Waals surface area (Å²) in [6.07, 6.45) is 2.40. The molecule has 0 radical (unpaired) electrons. The highest BCUT2D eigenvalue weighted by Gasteiger charge is 2.24. The molecule has 0 saturated heterocycles. The van der Waals surface area contributed by atoms with E-state index < -0.39 is 11.9 Å². The number of hydrogen-bond acceptors (Lipinski definition) is 4. The van der Waals surface area contributed by atoms with Gasteiger partial charge in [0, 0.05) is 11.9 Å². The first kappa shape index (κ1) is 13.1. The van der Waals surface area contributed by atoms with Gasteiger partial charge < -0.3 is 13.9 Å². The molecule has 2 aromatic rings. The third-order valence-electron chi connectivity index (χ3n) is 3.05. The molecule has 2 heterocycles. The van der Waals surface area contributed by atoms with Gasteiger partial charge in [-0.3, -0.25) is 0 Å². The van der Waals surface area contributed by atoms with Gasteiger partial charge in [0.1, 0.15) is 0 Å². The van der Waals surface area contributed by atoms with Gasteiger partial charge in [-0.15, -0.1) is 0 Å². The minimum Gasteiger partial charge on any atom is -0.465 e. The predicted octanol–water partition coefficient (Wildman–Crippen LogP) is 2.07. The van der Waals surface area contributed by atoms with E-state index in [1.807, 2.05) is 23.5 Å². The highest BCUT2D eigenvalue weighted by atomic mass is 16.5. The van der Waals surface area contributed by atoms with Crippen molar-refractivity contribution in [1.82, 2.24) is 4.40 Å². The average molecular weight is 261 g/mol. The molecule has 0 aliphatic rings. The Bertz CT molecular complexity index is 642. The summed E-state index contributed by atoms with van der Waals surface area (Å²) in [5.74, 6) is -1.10. The SMILES string of the molecule is CCc1cccc2c(C(=O)OC)c(C(=O)OC)cn12. The maximum atomic E-state index is 11.9. The van der Waals surface area contributed by atoms with Crippen LogP contribution in [-0.2, 0) is 15.9 Å². The minimum absolute atomic E-state index is 0.218. The second-order valence-electron chi connectivity index (χ2n) is 4.03. The Morgan fingerprint density at radius 1 is 1.16 bits per heavy atom. The first-order valence-electron chi connectivity index (χ1n) is 5.93. The second kappa shape index (κ2) is 5.14. The van der Waals surface area contributed by atoms with Crippen LogP contribution in [0.5, 0.6) is 0 Å². The van der Waals surface area contributed by atoms with Crippen LogP contribution < -0.4 is 0 Å². The number of methoxy groups -OCH3 is 2. The molecule has 0 N–H and O–H groups in total. The van der Waals surface area contributed by atoms with Gasteiger partial charge in [-0.1, -0.05) is 13.0 Å². The largest absolute Gasteiger partial charge is 0.465 e. The molecule has 2 rings (SSSR count). The van der Waals surface area contributed by atoms with Crippen LogP contribution in [0.2, 0.25) is 0 Å². The molecular formula is C14H15NO4. The highest BCUT2D eigenvalue weighted by molar-refractivity contribution is 6.08. The lowest BCUT2D eigenvalue weighted by Crippen LogP contribution is -2.09. The van der Waals surface area contributed by atoms with E-state index in [1.54, 1.807) is 12.3 Å². The fourth-order valence-corrected chi connectivity index (χ4v) is 2.12. The molecular weight excluding hydrogens is 246 g/mol. The van der Waals surface area contributed by atoms with Crippen LogP contribution in [0.15, 0.2) is 24.4 Å². The molecule has 5 nitrogen and oxygen atoms in total. The average Bonchev–Trinajstić information content (AvgIpc) is 2.84. The van der Waals surface area contributed by atoms with Crippen LogP contribution in [0.25, 0.3) is 5.52 Å². The second-order valence-corrected chi connectivity index (χ2v) is 4.03. The number of nitrogens with zero attached hydrogens (tertiary/aromatic N) is 1. The molecule has 0 saturated carbocycles. The Morgan fingerprint density at radius 2 is 1.84 bits per heavy atom. The number of aryl methyl sites for hydroxylation is 1.